The molecule has 6 nitrogen and oxygen atoms in total. The number of aryl methyl sites for hydroxylation is 1. The first kappa shape index (κ1) is 16.9. The van der Waals surface area contributed by atoms with Crippen molar-refractivity contribution < 1.29 is 4.79 Å². The zero-order valence-corrected chi connectivity index (χ0v) is 14.3. The van der Waals surface area contributed by atoms with Gasteiger partial charge in [0, 0.05) is 30.6 Å². The summed E-state index contributed by atoms with van der Waals surface area (Å²) in [7, 11) is 0. The molecule has 0 radical (unpaired) electrons. The Balaban J connectivity index is 1.44. The van der Waals surface area contributed by atoms with Crippen LogP contribution in [0.4, 0.5) is 0 Å². The maximum Gasteiger partial charge on any atom is 0.222 e. The highest BCUT2D eigenvalue weighted by Crippen LogP contribution is 2.16. The van der Waals surface area contributed by atoms with Crippen LogP contribution in [0.25, 0.3) is 0 Å². The maximum atomic E-state index is 12.1. The van der Waals surface area contributed by atoms with Crippen LogP contribution in [0.5, 0.6) is 0 Å². The van der Waals surface area contributed by atoms with Crippen molar-refractivity contribution in [1.82, 2.24) is 25.0 Å². The van der Waals surface area contributed by atoms with Gasteiger partial charge in [-0.3, -0.25) is 14.4 Å². The molecule has 24 heavy (non-hydrogen) atoms. The Kier molecular flexibility index (Phi) is 5.82. The Morgan fingerprint density at radius 3 is 2.92 bits per heavy atom. The lowest BCUT2D eigenvalue weighted by molar-refractivity contribution is -0.122. The molecule has 1 unspecified atom stereocenters. The van der Waals surface area contributed by atoms with Crippen molar-refractivity contribution in [3.63, 3.8) is 0 Å². The number of piperidine rings is 1. The van der Waals surface area contributed by atoms with Crippen molar-refractivity contribution >= 4 is 17.5 Å². The van der Waals surface area contributed by atoms with E-state index in [-0.39, 0.29) is 11.9 Å². The van der Waals surface area contributed by atoms with Gasteiger partial charge in [-0.05, 0) is 37.1 Å². The molecular weight excluding hydrogens is 326 g/mol. The average molecular weight is 348 g/mol. The summed E-state index contributed by atoms with van der Waals surface area (Å²) in [5.41, 5.74) is 1.25. The van der Waals surface area contributed by atoms with Gasteiger partial charge in [0.25, 0.3) is 0 Å². The Labute approximate surface area is 146 Å². The molecule has 0 saturated carbocycles. The molecule has 7 heteroatoms. The Morgan fingerprint density at radius 1 is 1.33 bits per heavy atom. The number of likely N-dealkylation sites (tertiary alicyclic amines) is 1. The van der Waals surface area contributed by atoms with E-state index in [1.807, 2.05) is 12.1 Å². The smallest absolute Gasteiger partial charge is 0.222 e. The molecule has 0 bridgehead atoms. The van der Waals surface area contributed by atoms with Crippen LogP contribution in [0.15, 0.2) is 36.9 Å². The predicted molar refractivity (Wildman–Crippen MR) is 92.5 cm³/mol. The summed E-state index contributed by atoms with van der Waals surface area (Å²) in [6.07, 6.45) is 5.67. The summed E-state index contributed by atoms with van der Waals surface area (Å²) in [6.45, 7) is 3.40. The topological polar surface area (TPSA) is 63.1 Å². The van der Waals surface area contributed by atoms with Crippen molar-refractivity contribution in [3.8, 4) is 0 Å². The van der Waals surface area contributed by atoms with Gasteiger partial charge >= 0.3 is 0 Å². The summed E-state index contributed by atoms with van der Waals surface area (Å²) < 4.78 is 1.67. The van der Waals surface area contributed by atoms with Gasteiger partial charge < -0.3 is 5.32 Å². The third kappa shape index (κ3) is 5.04. The summed E-state index contributed by atoms with van der Waals surface area (Å²) in [4.78, 5) is 18.4. The van der Waals surface area contributed by atoms with Gasteiger partial charge in [-0.15, -0.1) is 0 Å². The third-order valence-corrected chi connectivity index (χ3v) is 4.48. The molecule has 128 valence electrons. The molecule has 1 atom stereocenters. The summed E-state index contributed by atoms with van der Waals surface area (Å²) in [5.74, 6) is 0.0730. The molecule has 2 heterocycles. The SMILES string of the molecule is O=C(CCn1cncn1)NC1CCCN(Cc2ccc(Cl)cc2)C1. The zero-order chi connectivity index (χ0) is 16.8. The van der Waals surface area contributed by atoms with Gasteiger partial charge in [0.2, 0.25) is 5.91 Å². The van der Waals surface area contributed by atoms with Crippen LogP contribution in [0, 0.1) is 0 Å². The van der Waals surface area contributed by atoms with Gasteiger partial charge in [0.15, 0.2) is 0 Å². The zero-order valence-electron chi connectivity index (χ0n) is 13.6. The number of carbonyl (C=O) groups is 1. The number of nitrogens with one attached hydrogen (secondary N) is 1. The van der Waals surface area contributed by atoms with E-state index in [1.54, 1.807) is 11.0 Å². The lowest BCUT2D eigenvalue weighted by Crippen LogP contribution is -2.47. The van der Waals surface area contributed by atoms with E-state index in [4.69, 9.17) is 11.6 Å². The van der Waals surface area contributed by atoms with Crippen LogP contribution >= 0.6 is 11.6 Å². The van der Waals surface area contributed by atoms with Crippen molar-refractivity contribution in [2.45, 2.75) is 38.4 Å². The first-order valence-electron chi connectivity index (χ1n) is 8.27. The van der Waals surface area contributed by atoms with Crippen molar-refractivity contribution in [1.29, 1.82) is 0 Å². The number of amides is 1. The van der Waals surface area contributed by atoms with Crippen LogP contribution in [0.3, 0.4) is 0 Å². The second kappa shape index (κ2) is 8.26. The standard InChI is InChI=1S/C17H22ClN5O/c18-15-5-3-14(4-6-15)10-22-8-1-2-16(11-22)21-17(24)7-9-23-13-19-12-20-23/h3-6,12-13,16H,1-2,7-11H2,(H,21,24). The predicted octanol–water partition coefficient (Wildman–Crippen LogP) is 2.10. The minimum absolute atomic E-state index is 0.0730. The van der Waals surface area contributed by atoms with Gasteiger partial charge in [-0.1, -0.05) is 23.7 Å². The lowest BCUT2D eigenvalue weighted by atomic mass is 10.0. The van der Waals surface area contributed by atoms with Crippen molar-refractivity contribution in [3.05, 3.63) is 47.5 Å². The number of hydrogen-bond donors (Lipinski definition) is 1. The Hall–Kier alpha value is -1.92. The van der Waals surface area contributed by atoms with Crippen LogP contribution in [-0.4, -0.2) is 44.7 Å². The van der Waals surface area contributed by atoms with E-state index < -0.39 is 0 Å². The largest absolute Gasteiger partial charge is 0.352 e. The van der Waals surface area contributed by atoms with Crippen LogP contribution in [-0.2, 0) is 17.9 Å². The molecule has 2 aromatic rings. The minimum atomic E-state index is 0.0730. The minimum Gasteiger partial charge on any atom is -0.352 e. The fourth-order valence-electron chi connectivity index (χ4n) is 3.03. The highest BCUT2D eigenvalue weighted by molar-refractivity contribution is 6.30. The molecule has 1 aromatic carbocycles. The highest BCUT2D eigenvalue weighted by Gasteiger charge is 2.21. The molecule has 1 aromatic heterocycles. The summed E-state index contributed by atoms with van der Waals surface area (Å²) >= 11 is 5.93. The average Bonchev–Trinajstić information content (AvgIpc) is 3.09. The molecular formula is C17H22ClN5O. The van der Waals surface area contributed by atoms with E-state index in [2.05, 4.69) is 32.4 Å². The number of nitrogens with zero attached hydrogens (tertiary/aromatic N) is 4. The van der Waals surface area contributed by atoms with Gasteiger partial charge in [0.1, 0.15) is 12.7 Å². The Bertz CT molecular complexity index is 644. The first-order chi connectivity index (χ1) is 11.7. The number of benzene rings is 1. The van der Waals surface area contributed by atoms with Crippen molar-refractivity contribution in [2.24, 2.45) is 0 Å². The summed E-state index contributed by atoms with van der Waals surface area (Å²) in [6, 6.07) is 8.18. The normalized spacial score (nSPS) is 18.5. The fourth-order valence-corrected chi connectivity index (χ4v) is 3.16. The molecule has 1 fully saturated rings. The third-order valence-electron chi connectivity index (χ3n) is 4.22. The van der Waals surface area contributed by atoms with E-state index in [0.717, 1.165) is 37.5 Å². The molecule has 1 amide bonds. The molecule has 1 N–H and O–H groups in total. The lowest BCUT2D eigenvalue weighted by Gasteiger charge is -2.33. The second-order valence-corrected chi connectivity index (χ2v) is 6.61. The monoisotopic (exact) mass is 347 g/mol. The van der Waals surface area contributed by atoms with E-state index in [0.29, 0.717) is 13.0 Å². The maximum absolute atomic E-state index is 12.1. The van der Waals surface area contributed by atoms with Crippen LogP contribution in [0.2, 0.25) is 5.02 Å². The van der Waals surface area contributed by atoms with Crippen molar-refractivity contribution in [2.75, 3.05) is 13.1 Å². The molecule has 1 saturated heterocycles. The van der Waals surface area contributed by atoms with Gasteiger partial charge in [0.05, 0.1) is 6.54 Å². The number of hydrogen-bond acceptors (Lipinski definition) is 4. The molecule has 1 aliphatic heterocycles. The Morgan fingerprint density at radius 2 is 2.17 bits per heavy atom. The van der Waals surface area contributed by atoms with E-state index in [1.165, 1.54) is 11.9 Å². The van der Waals surface area contributed by atoms with Gasteiger partial charge in [-0.25, -0.2) is 4.98 Å². The number of rotatable bonds is 6. The van der Waals surface area contributed by atoms with Crippen LogP contribution < -0.4 is 5.32 Å². The quantitative estimate of drug-likeness (QED) is 0.869. The number of halogens is 1. The second-order valence-electron chi connectivity index (χ2n) is 6.18. The van der Waals surface area contributed by atoms with Crippen LogP contribution in [0.1, 0.15) is 24.8 Å². The number of carbonyl (C=O) groups excluding carboxylic acids is 1. The molecule has 3 rings (SSSR count). The molecule has 0 aliphatic carbocycles. The summed E-state index contributed by atoms with van der Waals surface area (Å²) in [5, 5.41) is 7.91. The number of aromatic nitrogens is 3. The first-order valence-corrected chi connectivity index (χ1v) is 8.65. The fraction of sp³-hybridized carbons (Fsp3) is 0.471. The highest BCUT2D eigenvalue weighted by atomic mass is 35.5. The van der Waals surface area contributed by atoms with Gasteiger partial charge in [-0.2, -0.15) is 5.10 Å². The molecule has 0 spiro atoms. The molecule has 1 aliphatic rings. The van der Waals surface area contributed by atoms with E-state index in [9.17, 15) is 4.79 Å². The van der Waals surface area contributed by atoms with E-state index >= 15 is 0 Å².